The number of nitrogens with two attached hydrogens (primary N) is 1. The van der Waals surface area contributed by atoms with Crippen molar-refractivity contribution in [1.82, 2.24) is 0 Å². The lowest BCUT2D eigenvalue weighted by atomic mass is 9.88. The highest BCUT2D eigenvalue weighted by molar-refractivity contribution is 5.36. The fourth-order valence-electron chi connectivity index (χ4n) is 2.20. The zero-order valence-corrected chi connectivity index (χ0v) is 10.6. The van der Waals surface area contributed by atoms with Gasteiger partial charge in [0, 0.05) is 5.92 Å². The lowest BCUT2D eigenvalue weighted by Crippen LogP contribution is -2.08. The van der Waals surface area contributed by atoms with Crippen molar-refractivity contribution in [1.29, 1.82) is 0 Å². The van der Waals surface area contributed by atoms with Crippen molar-refractivity contribution in [3.05, 3.63) is 65.2 Å². The first-order valence-electron chi connectivity index (χ1n) is 6.26. The molecule has 0 saturated carbocycles. The number of hydrogen-bond acceptors (Lipinski definition) is 2. The first kappa shape index (κ1) is 12.7. The molecule has 1 unspecified atom stereocenters. The van der Waals surface area contributed by atoms with Crippen LogP contribution >= 0.6 is 0 Å². The minimum Gasteiger partial charge on any atom is -0.508 e. The maximum absolute atomic E-state index is 9.35. The second-order valence-corrected chi connectivity index (χ2v) is 4.63. The Bertz CT molecular complexity index is 442. The van der Waals surface area contributed by atoms with E-state index in [4.69, 9.17) is 5.73 Å². The summed E-state index contributed by atoms with van der Waals surface area (Å²) in [5, 5.41) is 9.35. The summed E-state index contributed by atoms with van der Waals surface area (Å²) in [6.45, 7) is 2.74. The van der Waals surface area contributed by atoms with Gasteiger partial charge in [0.05, 0.1) is 0 Å². The van der Waals surface area contributed by atoms with Crippen molar-refractivity contribution in [2.45, 2.75) is 19.3 Å². The van der Waals surface area contributed by atoms with E-state index in [9.17, 15) is 5.11 Å². The highest BCUT2D eigenvalue weighted by Gasteiger charge is 2.13. The van der Waals surface area contributed by atoms with Gasteiger partial charge >= 0.3 is 0 Å². The molecule has 0 bridgehead atoms. The Balaban J connectivity index is 2.33. The van der Waals surface area contributed by atoms with Crippen molar-refractivity contribution in [3.63, 3.8) is 0 Å². The molecule has 2 aromatic carbocycles. The molecule has 0 aliphatic rings. The molecule has 0 radical (unpaired) electrons. The van der Waals surface area contributed by atoms with Crippen molar-refractivity contribution in [2.24, 2.45) is 5.73 Å². The van der Waals surface area contributed by atoms with Crippen molar-refractivity contribution in [2.75, 3.05) is 6.54 Å². The van der Waals surface area contributed by atoms with Crippen LogP contribution in [0, 0.1) is 6.92 Å². The zero-order chi connectivity index (χ0) is 13.0. The summed E-state index contributed by atoms with van der Waals surface area (Å²) in [6.07, 6.45) is 0.911. The zero-order valence-electron chi connectivity index (χ0n) is 10.6. The van der Waals surface area contributed by atoms with Crippen LogP contribution < -0.4 is 5.73 Å². The van der Waals surface area contributed by atoms with E-state index in [1.807, 2.05) is 12.1 Å². The number of phenols is 1. The predicted molar refractivity (Wildman–Crippen MR) is 74.8 cm³/mol. The molecule has 0 aliphatic heterocycles. The quantitative estimate of drug-likeness (QED) is 0.863. The van der Waals surface area contributed by atoms with E-state index in [0.29, 0.717) is 18.2 Å². The summed E-state index contributed by atoms with van der Waals surface area (Å²) in [4.78, 5) is 0. The fourth-order valence-corrected chi connectivity index (χ4v) is 2.20. The molecule has 0 saturated heterocycles. The number of aromatic hydroxyl groups is 1. The highest BCUT2D eigenvalue weighted by Crippen LogP contribution is 2.28. The maximum Gasteiger partial charge on any atom is 0.115 e. The standard InChI is InChI=1S/C16H19NO/c1-12-2-4-13(5-3-12)16(10-11-17)14-6-8-15(18)9-7-14/h2-9,16,18H,10-11,17H2,1H3. The smallest absolute Gasteiger partial charge is 0.115 e. The van der Waals surface area contributed by atoms with Crippen LogP contribution in [0.1, 0.15) is 29.0 Å². The largest absolute Gasteiger partial charge is 0.508 e. The molecule has 18 heavy (non-hydrogen) atoms. The second kappa shape index (κ2) is 5.69. The van der Waals surface area contributed by atoms with E-state index in [1.54, 1.807) is 12.1 Å². The van der Waals surface area contributed by atoms with E-state index in [-0.39, 0.29) is 0 Å². The normalized spacial score (nSPS) is 12.3. The fraction of sp³-hybridized carbons (Fsp3) is 0.250. The van der Waals surface area contributed by atoms with Crippen LogP contribution in [0.4, 0.5) is 0 Å². The molecule has 0 aromatic heterocycles. The SMILES string of the molecule is Cc1ccc(C(CCN)c2ccc(O)cc2)cc1. The highest BCUT2D eigenvalue weighted by atomic mass is 16.3. The number of rotatable bonds is 4. The first-order valence-corrected chi connectivity index (χ1v) is 6.26. The average molecular weight is 241 g/mol. The van der Waals surface area contributed by atoms with Gasteiger partial charge in [-0.25, -0.2) is 0 Å². The van der Waals surface area contributed by atoms with E-state index < -0.39 is 0 Å². The van der Waals surface area contributed by atoms with Crippen LogP contribution in [-0.2, 0) is 0 Å². The third-order valence-electron chi connectivity index (χ3n) is 3.23. The Morgan fingerprint density at radius 2 is 1.44 bits per heavy atom. The summed E-state index contributed by atoms with van der Waals surface area (Å²) in [5.41, 5.74) is 9.45. The molecule has 3 N–H and O–H groups in total. The molecule has 2 heteroatoms. The maximum atomic E-state index is 9.35. The van der Waals surface area contributed by atoms with Crippen LogP contribution in [0.2, 0.25) is 0 Å². The summed E-state index contributed by atoms with van der Waals surface area (Å²) in [6, 6.07) is 16.0. The van der Waals surface area contributed by atoms with Crippen LogP contribution in [0.15, 0.2) is 48.5 Å². The summed E-state index contributed by atoms with van der Waals surface area (Å²) < 4.78 is 0. The second-order valence-electron chi connectivity index (χ2n) is 4.63. The summed E-state index contributed by atoms with van der Waals surface area (Å²) in [5.74, 6) is 0.602. The van der Waals surface area contributed by atoms with E-state index in [2.05, 4.69) is 31.2 Å². The van der Waals surface area contributed by atoms with Crippen molar-refractivity contribution >= 4 is 0 Å². The van der Waals surface area contributed by atoms with Crippen molar-refractivity contribution < 1.29 is 5.11 Å². The van der Waals surface area contributed by atoms with Crippen LogP contribution in [0.5, 0.6) is 5.75 Å². The molecule has 0 amide bonds. The molecule has 2 rings (SSSR count). The van der Waals surface area contributed by atoms with Gasteiger partial charge in [-0.1, -0.05) is 42.0 Å². The number of phenolic OH excluding ortho intramolecular Hbond substituents is 1. The van der Waals surface area contributed by atoms with Gasteiger partial charge in [-0.2, -0.15) is 0 Å². The Labute approximate surface area is 108 Å². The molecule has 0 heterocycles. The Morgan fingerprint density at radius 1 is 0.944 bits per heavy atom. The molecule has 94 valence electrons. The van der Waals surface area contributed by atoms with Gasteiger partial charge in [-0.3, -0.25) is 0 Å². The molecule has 2 nitrogen and oxygen atoms in total. The van der Waals surface area contributed by atoms with Gasteiger partial charge in [-0.15, -0.1) is 0 Å². The van der Waals surface area contributed by atoms with E-state index >= 15 is 0 Å². The molecule has 0 spiro atoms. The van der Waals surface area contributed by atoms with Gasteiger partial charge in [0.15, 0.2) is 0 Å². The molecule has 1 atom stereocenters. The van der Waals surface area contributed by atoms with Gasteiger partial charge in [0.2, 0.25) is 0 Å². The molecule has 2 aromatic rings. The Kier molecular flexibility index (Phi) is 4.00. The number of hydrogen-bond donors (Lipinski definition) is 2. The van der Waals surface area contributed by atoms with E-state index in [0.717, 1.165) is 6.42 Å². The Morgan fingerprint density at radius 3 is 1.94 bits per heavy atom. The molecule has 0 aliphatic carbocycles. The summed E-state index contributed by atoms with van der Waals surface area (Å²) in [7, 11) is 0. The topological polar surface area (TPSA) is 46.2 Å². The Hall–Kier alpha value is -1.80. The molecule has 0 fully saturated rings. The monoisotopic (exact) mass is 241 g/mol. The average Bonchev–Trinajstić information content (AvgIpc) is 2.39. The lowest BCUT2D eigenvalue weighted by Gasteiger charge is -2.17. The van der Waals surface area contributed by atoms with Gasteiger partial charge in [-0.05, 0) is 43.1 Å². The third-order valence-corrected chi connectivity index (χ3v) is 3.23. The van der Waals surface area contributed by atoms with Crippen LogP contribution in [0.3, 0.4) is 0 Å². The first-order chi connectivity index (χ1) is 8.70. The lowest BCUT2D eigenvalue weighted by molar-refractivity contribution is 0.475. The predicted octanol–water partition coefficient (Wildman–Crippen LogP) is 3.18. The van der Waals surface area contributed by atoms with Crippen LogP contribution in [0.25, 0.3) is 0 Å². The molecular formula is C16H19NO. The minimum atomic E-state index is 0.300. The number of aryl methyl sites for hydroxylation is 1. The van der Waals surface area contributed by atoms with Gasteiger partial charge < -0.3 is 10.8 Å². The number of benzene rings is 2. The van der Waals surface area contributed by atoms with E-state index in [1.165, 1.54) is 16.7 Å². The third kappa shape index (κ3) is 2.90. The minimum absolute atomic E-state index is 0.300. The summed E-state index contributed by atoms with van der Waals surface area (Å²) >= 11 is 0. The van der Waals surface area contributed by atoms with Crippen LogP contribution in [-0.4, -0.2) is 11.7 Å². The molecular weight excluding hydrogens is 222 g/mol. The van der Waals surface area contributed by atoms with Gasteiger partial charge in [0.25, 0.3) is 0 Å². The van der Waals surface area contributed by atoms with Crippen molar-refractivity contribution in [3.8, 4) is 5.75 Å². The van der Waals surface area contributed by atoms with Gasteiger partial charge in [0.1, 0.15) is 5.75 Å².